The summed E-state index contributed by atoms with van der Waals surface area (Å²) in [6.07, 6.45) is 1.35. The van der Waals surface area contributed by atoms with E-state index in [1.54, 1.807) is 0 Å². The van der Waals surface area contributed by atoms with E-state index < -0.39 is 5.97 Å². The number of fused-ring (bicyclic) bond motifs is 1. The smallest absolute Gasteiger partial charge is 0.375 e. The Morgan fingerprint density at radius 2 is 2.05 bits per heavy atom. The lowest BCUT2D eigenvalue weighted by atomic mass is 10.0. The highest BCUT2D eigenvalue weighted by Gasteiger charge is 2.22. The number of hydrogen-bond donors (Lipinski definition) is 1. The molecule has 1 aromatic heterocycles. The first-order chi connectivity index (χ1) is 10.2. The van der Waals surface area contributed by atoms with E-state index in [1.165, 1.54) is 0 Å². The molecule has 0 unspecified atom stereocenters. The summed E-state index contributed by atoms with van der Waals surface area (Å²) < 4.78 is 16.2. The Hall–Kier alpha value is -2.50. The van der Waals surface area contributed by atoms with Crippen LogP contribution in [0.3, 0.4) is 0 Å². The summed E-state index contributed by atoms with van der Waals surface area (Å²) in [4.78, 5) is 11.1. The molecule has 0 amide bonds. The van der Waals surface area contributed by atoms with Crippen molar-refractivity contribution in [2.75, 3.05) is 13.2 Å². The first kappa shape index (κ1) is 13.5. The maximum absolute atomic E-state index is 11.1. The normalized spacial score (nSPS) is 13.8. The third kappa shape index (κ3) is 2.44. The van der Waals surface area contributed by atoms with Crippen LogP contribution in [0.4, 0.5) is 0 Å². The van der Waals surface area contributed by atoms with Crippen LogP contribution in [0.1, 0.15) is 29.5 Å². The number of aromatic carboxylic acids is 1. The summed E-state index contributed by atoms with van der Waals surface area (Å²) in [5.74, 6) is 0.114. The van der Waals surface area contributed by atoms with Gasteiger partial charge in [0.2, 0.25) is 5.76 Å². The molecule has 1 aromatic carbocycles. The molecule has 1 N–H and O–H groups in total. The fourth-order valence-corrected chi connectivity index (χ4v) is 2.34. The number of hydrogen-bond acceptors (Lipinski definition) is 5. The molecular weight excluding hydrogens is 274 g/mol. The molecule has 21 heavy (non-hydrogen) atoms. The first-order valence-electron chi connectivity index (χ1n) is 6.82. The van der Waals surface area contributed by atoms with Gasteiger partial charge >= 0.3 is 5.97 Å². The van der Waals surface area contributed by atoms with E-state index >= 15 is 0 Å². The number of carboxylic acids is 1. The zero-order valence-electron chi connectivity index (χ0n) is 11.6. The maximum atomic E-state index is 11.1. The molecule has 2 heterocycles. The summed E-state index contributed by atoms with van der Waals surface area (Å²) in [5, 5.41) is 13.0. The van der Waals surface area contributed by atoms with Gasteiger partial charge in [-0.25, -0.2) is 4.79 Å². The molecule has 6 nitrogen and oxygen atoms in total. The predicted octanol–water partition coefficient (Wildman–Crippen LogP) is 2.76. The summed E-state index contributed by atoms with van der Waals surface area (Å²) >= 11 is 0. The van der Waals surface area contributed by atoms with Gasteiger partial charge in [-0.15, -0.1) is 0 Å². The molecule has 0 saturated heterocycles. The minimum Gasteiger partial charge on any atom is -0.490 e. The Balaban J connectivity index is 2.05. The second-order valence-corrected chi connectivity index (χ2v) is 4.71. The molecule has 1 aliphatic heterocycles. The average molecular weight is 289 g/mol. The van der Waals surface area contributed by atoms with Gasteiger partial charge in [0.15, 0.2) is 11.5 Å². The maximum Gasteiger partial charge on any atom is 0.375 e. The van der Waals surface area contributed by atoms with Gasteiger partial charge in [0, 0.05) is 17.5 Å². The van der Waals surface area contributed by atoms with Crippen LogP contribution in [-0.2, 0) is 6.42 Å². The number of rotatable bonds is 3. The highest BCUT2D eigenvalue weighted by atomic mass is 16.5. The zero-order valence-corrected chi connectivity index (χ0v) is 11.6. The van der Waals surface area contributed by atoms with Gasteiger partial charge in [-0.3, -0.25) is 0 Å². The largest absolute Gasteiger partial charge is 0.490 e. The van der Waals surface area contributed by atoms with Crippen molar-refractivity contribution < 1.29 is 23.9 Å². The van der Waals surface area contributed by atoms with Crippen LogP contribution < -0.4 is 9.47 Å². The lowest BCUT2D eigenvalue weighted by Gasteiger charge is -2.08. The van der Waals surface area contributed by atoms with E-state index in [9.17, 15) is 4.79 Å². The van der Waals surface area contributed by atoms with Crippen LogP contribution in [0, 0.1) is 0 Å². The number of carboxylic acid groups (broad SMARTS) is 1. The van der Waals surface area contributed by atoms with Crippen molar-refractivity contribution in [3.63, 3.8) is 0 Å². The third-order valence-corrected chi connectivity index (χ3v) is 3.36. The molecule has 2 aromatic rings. The van der Waals surface area contributed by atoms with Gasteiger partial charge in [-0.05, 0) is 24.6 Å². The second-order valence-electron chi connectivity index (χ2n) is 4.71. The van der Waals surface area contributed by atoms with Crippen molar-refractivity contribution in [2.24, 2.45) is 0 Å². The van der Waals surface area contributed by atoms with E-state index in [-0.39, 0.29) is 5.76 Å². The van der Waals surface area contributed by atoms with Crippen molar-refractivity contribution in [1.82, 2.24) is 5.16 Å². The van der Waals surface area contributed by atoms with Gasteiger partial charge < -0.3 is 19.1 Å². The SMILES string of the molecule is CCc1c(-c2ccc3c(c2)OCCCO3)noc1C(=O)O. The molecule has 0 fully saturated rings. The van der Waals surface area contributed by atoms with Crippen molar-refractivity contribution in [3.05, 3.63) is 29.5 Å². The van der Waals surface area contributed by atoms with Crippen molar-refractivity contribution >= 4 is 5.97 Å². The molecule has 0 atom stereocenters. The molecule has 0 aliphatic carbocycles. The standard InChI is InChI=1S/C15H15NO5/c1-2-10-13(16-21-14(10)15(17)18)9-4-5-11-12(8-9)20-7-3-6-19-11/h4-5,8H,2-3,6-7H2,1H3,(H,17,18). The van der Waals surface area contributed by atoms with Crippen LogP contribution >= 0.6 is 0 Å². The number of benzene rings is 1. The topological polar surface area (TPSA) is 81.8 Å². The molecule has 6 heteroatoms. The molecule has 110 valence electrons. The van der Waals surface area contributed by atoms with Crippen LogP contribution in [0.25, 0.3) is 11.3 Å². The Bertz CT molecular complexity index is 677. The van der Waals surface area contributed by atoms with E-state index in [0.717, 1.165) is 12.0 Å². The summed E-state index contributed by atoms with van der Waals surface area (Å²) in [6, 6.07) is 5.45. The zero-order chi connectivity index (χ0) is 14.8. The van der Waals surface area contributed by atoms with E-state index in [4.69, 9.17) is 19.1 Å². The van der Waals surface area contributed by atoms with E-state index in [0.29, 0.717) is 42.4 Å². The van der Waals surface area contributed by atoms with Gasteiger partial charge in [0.1, 0.15) is 5.69 Å². The number of ether oxygens (including phenoxy) is 2. The van der Waals surface area contributed by atoms with Crippen molar-refractivity contribution in [2.45, 2.75) is 19.8 Å². The highest BCUT2D eigenvalue weighted by Crippen LogP contribution is 2.35. The second kappa shape index (κ2) is 5.47. The Kier molecular flexibility index (Phi) is 3.51. The quantitative estimate of drug-likeness (QED) is 0.935. The van der Waals surface area contributed by atoms with Crippen LogP contribution in [0.15, 0.2) is 22.7 Å². The average Bonchev–Trinajstić information content (AvgIpc) is 2.78. The van der Waals surface area contributed by atoms with Gasteiger partial charge in [-0.2, -0.15) is 0 Å². The molecule has 1 aliphatic rings. The molecular formula is C15H15NO5. The van der Waals surface area contributed by atoms with Gasteiger partial charge in [0.05, 0.1) is 13.2 Å². The van der Waals surface area contributed by atoms with Crippen molar-refractivity contribution in [3.8, 4) is 22.8 Å². The van der Waals surface area contributed by atoms with Crippen molar-refractivity contribution in [1.29, 1.82) is 0 Å². The van der Waals surface area contributed by atoms with Gasteiger partial charge in [0.25, 0.3) is 0 Å². The number of aromatic nitrogens is 1. The number of carbonyl (C=O) groups is 1. The lowest BCUT2D eigenvalue weighted by Crippen LogP contribution is -1.99. The fraction of sp³-hybridized carbons (Fsp3) is 0.333. The van der Waals surface area contributed by atoms with Crippen LogP contribution in [0.2, 0.25) is 0 Å². The molecule has 3 rings (SSSR count). The molecule has 0 saturated carbocycles. The minimum atomic E-state index is -1.11. The fourth-order valence-electron chi connectivity index (χ4n) is 2.34. The Morgan fingerprint density at radius 1 is 1.29 bits per heavy atom. The molecule has 0 bridgehead atoms. The van der Waals surface area contributed by atoms with Crippen LogP contribution in [0.5, 0.6) is 11.5 Å². The van der Waals surface area contributed by atoms with Crippen LogP contribution in [-0.4, -0.2) is 29.4 Å². The first-order valence-corrected chi connectivity index (χ1v) is 6.82. The monoisotopic (exact) mass is 289 g/mol. The number of nitrogens with zero attached hydrogens (tertiary/aromatic N) is 1. The summed E-state index contributed by atoms with van der Waals surface area (Å²) in [7, 11) is 0. The Morgan fingerprint density at radius 3 is 2.76 bits per heavy atom. The summed E-state index contributed by atoms with van der Waals surface area (Å²) in [6.45, 7) is 3.08. The Labute approximate surface area is 121 Å². The van der Waals surface area contributed by atoms with E-state index in [1.807, 2.05) is 25.1 Å². The summed E-state index contributed by atoms with van der Waals surface area (Å²) in [5.41, 5.74) is 1.87. The lowest BCUT2D eigenvalue weighted by molar-refractivity contribution is 0.0650. The highest BCUT2D eigenvalue weighted by molar-refractivity contribution is 5.88. The van der Waals surface area contributed by atoms with E-state index in [2.05, 4.69) is 5.16 Å². The molecule has 0 spiro atoms. The third-order valence-electron chi connectivity index (χ3n) is 3.36. The molecule has 0 radical (unpaired) electrons. The predicted molar refractivity (Wildman–Crippen MR) is 73.9 cm³/mol. The minimum absolute atomic E-state index is 0.111. The van der Waals surface area contributed by atoms with Gasteiger partial charge in [-0.1, -0.05) is 12.1 Å².